The maximum Gasteiger partial charge on any atom is 0.264 e. The van der Waals surface area contributed by atoms with E-state index in [1.54, 1.807) is 60.7 Å². The molecule has 0 aliphatic rings. The van der Waals surface area contributed by atoms with Crippen molar-refractivity contribution in [2.75, 3.05) is 17.4 Å². The summed E-state index contributed by atoms with van der Waals surface area (Å²) < 4.78 is 28.7. The second-order valence-electron chi connectivity index (χ2n) is 9.15. The summed E-state index contributed by atoms with van der Waals surface area (Å²) in [5.74, 6) is -0.834. The Labute approximate surface area is 240 Å². The van der Waals surface area contributed by atoms with Gasteiger partial charge in [-0.25, -0.2) is 8.42 Å². The molecular formula is C29H33Cl2N3O4S. The average molecular weight is 591 g/mol. The van der Waals surface area contributed by atoms with Crippen LogP contribution in [0, 0.1) is 6.92 Å². The number of sulfonamides is 1. The van der Waals surface area contributed by atoms with E-state index >= 15 is 0 Å². The average Bonchev–Trinajstić information content (AvgIpc) is 2.92. The topological polar surface area (TPSA) is 86.8 Å². The molecule has 0 aliphatic heterocycles. The lowest BCUT2D eigenvalue weighted by atomic mass is 10.1. The van der Waals surface area contributed by atoms with Crippen LogP contribution in [0.2, 0.25) is 10.0 Å². The lowest BCUT2D eigenvalue weighted by molar-refractivity contribution is -0.140. The molecule has 208 valence electrons. The molecular weight excluding hydrogens is 557 g/mol. The Hall–Kier alpha value is -3.07. The molecule has 0 aromatic heterocycles. The van der Waals surface area contributed by atoms with Crippen molar-refractivity contribution in [2.24, 2.45) is 0 Å². The number of hydrogen-bond acceptors (Lipinski definition) is 4. The van der Waals surface area contributed by atoms with Gasteiger partial charge in [0.15, 0.2) is 0 Å². The predicted molar refractivity (Wildman–Crippen MR) is 157 cm³/mol. The first kappa shape index (κ1) is 30.5. The number of halogens is 2. The Morgan fingerprint density at radius 3 is 2.18 bits per heavy atom. The number of rotatable bonds is 12. The van der Waals surface area contributed by atoms with Gasteiger partial charge >= 0.3 is 0 Å². The van der Waals surface area contributed by atoms with Crippen LogP contribution in [0.4, 0.5) is 5.69 Å². The molecule has 0 bridgehead atoms. The fourth-order valence-corrected chi connectivity index (χ4v) is 5.82. The van der Waals surface area contributed by atoms with Crippen LogP contribution < -0.4 is 9.62 Å². The summed E-state index contributed by atoms with van der Waals surface area (Å²) in [4.78, 5) is 28.6. The van der Waals surface area contributed by atoms with Gasteiger partial charge in [0.25, 0.3) is 10.0 Å². The summed E-state index contributed by atoms with van der Waals surface area (Å²) in [6.45, 7) is 5.61. The molecule has 7 nitrogen and oxygen atoms in total. The summed E-state index contributed by atoms with van der Waals surface area (Å²) >= 11 is 12.3. The maximum absolute atomic E-state index is 14.0. The van der Waals surface area contributed by atoms with Crippen LogP contribution in [0.1, 0.15) is 37.8 Å². The molecule has 1 atom stereocenters. The van der Waals surface area contributed by atoms with Gasteiger partial charge in [-0.3, -0.25) is 13.9 Å². The van der Waals surface area contributed by atoms with E-state index < -0.39 is 28.5 Å². The van der Waals surface area contributed by atoms with Crippen LogP contribution in [-0.2, 0) is 26.2 Å². The summed E-state index contributed by atoms with van der Waals surface area (Å²) in [5.41, 5.74) is 1.91. The van der Waals surface area contributed by atoms with Crippen molar-refractivity contribution in [3.63, 3.8) is 0 Å². The van der Waals surface area contributed by atoms with Crippen LogP contribution in [0.3, 0.4) is 0 Å². The SMILES string of the molecule is CCCNC(=O)[C@@H](CC)N(Cc1ccc(Cl)c(Cl)c1)C(=O)CN(c1ccccc1)S(=O)(=O)c1ccc(C)cc1. The van der Waals surface area contributed by atoms with E-state index in [-0.39, 0.29) is 17.3 Å². The first-order valence-corrected chi connectivity index (χ1v) is 14.9. The Morgan fingerprint density at radius 1 is 0.923 bits per heavy atom. The number of anilines is 1. The lowest BCUT2D eigenvalue weighted by Gasteiger charge is -2.33. The van der Waals surface area contributed by atoms with E-state index in [4.69, 9.17) is 23.2 Å². The molecule has 1 N–H and O–H groups in total. The van der Waals surface area contributed by atoms with Crippen LogP contribution >= 0.6 is 23.2 Å². The Bertz CT molecular complexity index is 1380. The number of carbonyl (C=O) groups is 2. The lowest BCUT2D eigenvalue weighted by Crippen LogP contribution is -2.52. The second kappa shape index (κ2) is 13.8. The molecule has 0 saturated heterocycles. The van der Waals surface area contributed by atoms with Crippen molar-refractivity contribution < 1.29 is 18.0 Å². The Morgan fingerprint density at radius 2 is 1.59 bits per heavy atom. The van der Waals surface area contributed by atoms with Gasteiger partial charge in [-0.05, 0) is 61.7 Å². The standard InChI is InChI=1S/C29H33Cl2N3O4S/c1-4-17-32-29(36)27(5-2)33(19-22-13-16-25(30)26(31)18-22)28(35)20-34(23-9-7-6-8-10-23)39(37,38)24-14-11-21(3)12-15-24/h6-16,18,27H,4-5,17,19-20H2,1-3H3,(H,32,36)/t27-/m1/s1. The van der Waals surface area contributed by atoms with Crippen LogP contribution in [0.15, 0.2) is 77.7 Å². The summed E-state index contributed by atoms with van der Waals surface area (Å²) in [6.07, 6.45) is 1.07. The van der Waals surface area contributed by atoms with Crippen molar-refractivity contribution in [1.29, 1.82) is 0 Å². The molecule has 3 rings (SSSR count). The molecule has 0 spiro atoms. The number of hydrogen-bond donors (Lipinski definition) is 1. The van der Waals surface area contributed by atoms with Crippen molar-refractivity contribution in [3.05, 3.63) is 94.0 Å². The Kier molecular flexibility index (Phi) is 10.8. The fourth-order valence-electron chi connectivity index (χ4n) is 4.08. The fraction of sp³-hybridized carbons (Fsp3) is 0.310. The third-order valence-electron chi connectivity index (χ3n) is 6.20. The minimum atomic E-state index is -4.10. The Balaban J connectivity index is 2.04. The number of amides is 2. The molecule has 0 heterocycles. The van der Waals surface area contributed by atoms with Crippen molar-refractivity contribution in [1.82, 2.24) is 10.2 Å². The summed E-state index contributed by atoms with van der Waals surface area (Å²) in [5, 5.41) is 3.54. The zero-order valence-electron chi connectivity index (χ0n) is 22.2. The van der Waals surface area contributed by atoms with Crippen LogP contribution in [0.25, 0.3) is 0 Å². The molecule has 2 amide bonds. The molecule has 0 unspecified atom stereocenters. The zero-order chi connectivity index (χ0) is 28.6. The normalized spacial score (nSPS) is 12.0. The molecule has 3 aromatic rings. The van der Waals surface area contributed by atoms with Gasteiger partial charge in [-0.2, -0.15) is 0 Å². The molecule has 0 radical (unpaired) electrons. The van der Waals surface area contributed by atoms with Gasteiger partial charge < -0.3 is 10.2 Å². The highest BCUT2D eigenvalue weighted by Crippen LogP contribution is 2.26. The van der Waals surface area contributed by atoms with Gasteiger partial charge in [-0.15, -0.1) is 0 Å². The number of carbonyl (C=O) groups excluding carboxylic acids is 2. The van der Waals surface area contributed by atoms with Crippen LogP contribution in [0.5, 0.6) is 0 Å². The smallest absolute Gasteiger partial charge is 0.264 e. The first-order chi connectivity index (χ1) is 18.6. The van der Waals surface area contributed by atoms with Gasteiger partial charge in [0.05, 0.1) is 20.6 Å². The number of nitrogens with one attached hydrogen (secondary N) is 1. The largest absolute Gasteiger partial charge is 0.354 e. The maximum atomic E-state index is 14.0. The zero-order valence-corrected chi connectivity index (χ0v) is 24.6. The van der Waals surface area contributed by atoms with Gasteiger partial charge in [0, 0.05) is 13.1 Å². The third kappa shape index (κ3) is 7.75. The molecule has 0 fully saturated rings. The van der Waals surface area contributed by atoms with Gasteiger partial charge in [0.2, 0.25) is 11.8 Å². The minimum Gasteiger partial charge on any atom is -0.354 e. The molecule has 0 aliphatic carbocycles. The number of benzene rings is 3. The molecule has 39 heavy (non-hydrogen) atoms. The number of nitrogens with zero attached hydrogens (tertiary/aromatic N) is 2. The highest BCUT2D eigenvalue weighted by Gasteiger charge is 2.33. The van der Waals surface area contributed by atoms with Gasteiger partial charge in [0.1, 0.15) is 12.6 Å². The van der Waals surface area contributed by atoms with E-state index in [2.05, 4.69) is 5.32 Å². The molecule has 0 saturated carbocycles. The number of para-hydroxylation sites is 1. The quantitative estimate of drug-likeness (QED) is 0.288. The van der Waals surface area contributed by atoms with Crippen molar-refractivity contribution in [2.45, 2.75) is 51.1 Å². The third-order valence-corrected chi connectivity index (χ3v) is 8.73. The van der Waals surface area contributed by atoms with Crippen molar-refractivity contribution >= 4 is 50.7 Å². The van der Waals surface area contributed by atoms with E-state index in [0.717, 1.165) is 16.3 Å². The summed E-state index contributed by atoms with van der Waals surface area (Å²) in [7, 11) is -4.10. The van der Waals surface area contributed by atoms with E-state index in [0.29, 0.717) is 34.3 Å². The van der Waals surface area contributed by atoms with Gasteiger partial charge in [-0.1, -0.05) is 79.0 Å². The molecule has 10 heteroatoms. The predicted octanol–water partition coefficient (Wildman–Crippen LogP) is 5.83. The van der Waals surface area contributed by atoms with E-state index in [1.807, 2.05) is 20.8 Å². The first-order valence-electron chi connectivity index (χ1n) is 12.7. The highest BCUT2D eigenvalue weighted by atomic mass is 35.5. The van der Waals surface area contributed by atoms with E-state index in [1.165, 1.54) is 17.0 Å². The molecule has 3 aromatic carbocycles. The minimum absolute atomic E-state index is 0.0426. The highest BCUT2D eigenvalue weighted by molar-refractivity contribution is 7.92. The monoisotopic (exact) mass is 589 g/mol. The van der Waals surface area contributed by atoms with E-state index in [9.17, 15) is 18.0 Å². The second-order valence-corrected chi connectivity index (χ2v) is 11.8. The summed E-state index contributed by atoms with van der Waals surface area (Å²) in [6, 6.07) is 19.1. The number of aryl methyl sites for hydroxylation is 1. The van der Waals surface area contributed by atoms with Crippen molar-refractivity contribution in [3.8, 4) is 0 Å². The van der Waals surface area contributed by atoms with Crippen LogP contribution in [-0.4, -0.2) is 44.3 Å².